The molecule has 0 aliphatic carbocycles. The molecule has 108 valence electrons. The van der Waals surface area contributed by atoms with E-state index < -0.39 is 10.0 Å². The van der Waals surface area contributed by atoms with Crippen molar-refractivity contribution in [3.63, 3.8) is 0 Å². The number of anilines is 2. The summed E-state index contributed by atoms with van der Waals surface area (Å²) in [6.07, 6.45) is 0. The predicted octanol–water partition coefficient (Wildman–Crippen LogP) is 2.99. The van der Waals surface area contributed by atoms with Crippen LogP contribution >= 0.6 is 11.3 Å². The molecule has 0 atom stereocenters. The maximum atomic E-state index is 12.3. The van der Waals surface area contributed by atoms with E-state index in [0.29, 0.717) is 10.8 Å². The third-order valence-corrected chi connectivity index (χ3v) is 5.38. The lowest BCUT2D eigenvalue weighted by atomic mass is 10.2. The first kappa shape index (κ1) is 13.8. The van der Waals surface area contributed by atoms with Crippen molar-refractivity contribution < 1.29 is 8.42 Å². The molecule has 0 saturated heterocycles. The summed E-state index contributed by atoms with van der Waals surface area (Å²) in [5, 5.41) is 0.336. The largest absolute Gasteiger partial charge is 0.399 e. The Balaban J connectivity index is 2.01. The number of hydrogen-bond acceptors (Lipinski definition) is 5. The number of nitrogens with zero attached hydrogens (tertiary/aromatic N) is 1. The van der Waals surface area contributed by atoms with Crippen molar-refractivity contribution >= 4 is 42.4 Å². The number of benzene rings is 2. The SMILES string of the molecule is Cc1cc(N)cc2sc(NS(=O)(=O)c3ccccc3)nc12. The highest BCUT2D eigenvalue weighted by atomic mass is 32.2. The van der Waals surface area contributed by atoms with Crippen LogP contribution in [0, 0.1) is 6.92 Å². The minimum absolute atomic E-state index is 0.209. The minimum Gasteiger partial charge on any atom is -0.399 e. The average Bonchev–Trinajstić information content (AvgIpc) is 2.81. The van der Waals surface area contributed by atoms with Gasteiger partial charge in [-0.3, -0.25) is 4.72 Å². The van der Waals surface area contributed by atoms with Gasteiger partial charge in [-0.05, 0) is 36.8 Å². The van der Waals surface area contributed by atoms with Gasteiger partial charge < -0.3 is 5.73 Å². The molecule has 0 bridgehead atoms. The average molecular weight is 319 g/mol. The summed E-state index contributed by atoms with van der Waals surface area (Å²) >= 11 is 1.27. The molecule has 0 spiro atoms. The van der Waals surface area contributed by atoms with Gasteiger partial charge in [0, 0.05) is 5.69 Å². The van der Waals surface area contributed by atoms with Crippen LogP contribution in [0.5, 0.6) is 0 Å². The standard InChI is InChI=1S/C14H13N3O2S2/c1-9-7-10(15)8-12-13(9)16-14(20-12)17-21(18,19)11-5-3-2-4-6-11/h2-8H,15H2,1H3,(H,16,17). The summed E-state index contributed by atoms with van der Waals surface area (Å²) in [5.41, 5.74) is 8.12. The maximum absolute atomic E-state index is 12.3. The topological polar surface area (TPSA) is 85.1 Å². The van der Waals surface area contributed by atoms with Crippen molar-refractivity contribution in [2.45, 2.75) is 11.8 Å². The quantitative estimate of drug-likeness (QED) is 0.727. The lowest BCUT2D eigenvalue weighted by Gasteiger charge is -2.03. The third-order valence-electron chi connectivity index (χ3n) is 2.98. The minimum atomic E-state index is -3.62. The molecule has 1 aromatic heterocycles. The molecule has 0 aliphatic heterocycles. The molecule has 21 heavy (non-hydrogen) atoms. The number of nitrogens with one attached hydrogen (secondary N) is 1. The van der Waals surface area contributed by atoms with Gasteiger partial charge >= 0.3 is 0 Å². The smallest absolute Gasteiger partial charge is 0.263 e. The molecular formula is C14H13N3O2S2. The van der Waals surface area contributed by atoms with Gasteiger partial charge in [-0.1, -0.05) is 29.5 Å². The fourth-order valence-corrected chi connectivity index (χ4v) is 4.29. The van der Waals surface area contributed by atoms with Crippen LogP contribution in [-0.4, -0.2) is 13.4 Å². The summed E-state index contributed by atoms with van der Waals surface area (Å²) in [4.78, 5) is 4.55. The van der Waals surface area contributed by atoms with Gasteiger partial charge in [0.2, 0.25) is 0 Å². The van der Waals surface area contributed by atoms with Crippen molar-refractivity contribution in [1.29, 1.82) is 0 Å². The molecule has 0 aliphatic rings. The number of fused-ring (bicyclic) bond motifs is 1. The number of hydrogen-bond donors (Lipinski definition) is 2. The lowest BCUT2D eigenvalue weighted by Crippen LogP contribution is -2.12. The highest BCUT2D eigenvalue weighted by Gasteiger charge is 2.16. The normalized spacial score (nSPS) is 11.7. The van der Waals surface area contributed by atoms with Gasteiger partial charge in [0.05, 0.1) is 15.1 Å². The Morgan fingerprint density at radius 3 is 2.62 bits per heavy atom. The predicted molar refractivity (Wildman–Crippen MR) is 86.0 cm³/mol. The van der Waals surface area contributed by atoms with Crippen LogP contribution in [0.25, 0.3) is 10.2 Å². The third kappa shape index (κ3) is 2.70. The van der Waals surface area contributed by atoms with Gasteiger partial charge in [-0.2, -0.15) is 0 Å². The first-order valence-electron chi connectivity index (χ1n) is 6.20. The van der Waals surface area contributed by atoms with E-state index in [1.54, 1.807) is 36.4 Å². The van der Waals surface area contributed by atoms with E-state index >= 15 is 0 Å². The second-order valence-electron chi connectivity index (χ2n) is 4.62. The Bertz CT molecular complexity index is 903. The second-order valence-corrected chi connectivity index (χ2v) is 7.34. The number of thiazole rings is 1. The molecule has 7 heteroatoms. The molecule has 0 unspecified atom stereocenters. The summed E-state index contributed by atoms with van der Waals surface area (Å²) in [5.74, 6) is 0. The van der Waals surface area contributed by atoms with Crippen molar-refractivity contribution in [2.75, 3.05) is 10.5 Å². The molecule has 0 amide bonds. The van der Waals surface area contributed by atoms with Crippen LogP contribution in [0.2, 0.25) is 0 Å². The number of sulfonamides is 1. The van der Waals surface area contributed by atoms with E-state index in [1.165, 1.54) is 11.3 Å². The monoisotopic (exact) mass is 319 g/mol. The molecule has 3 N–H and O–H groups in total. The summed E-state index contributed by atoms with van der Waals surface area (Å²) < 4.78 is 27.9. The molecule has 0 fully saturated rings. The van der Waals surface area contributed by atoms with Gasteiger partial charge in [0.15, 0.2) is 5.13 Å². The molecule has 5 nitrogen and oxygen atoms in total. The van der Waals surface area contributed by atoms with E-state index in [-0.39, 0.29) is 4.90 Å². The Morgan fingerprint density at radius 1 is 1.19 bits per heavy atom. The van der Waals surface area contributed by atoms with E-state index in [9.17, 15) is 8.42 Å². The van der Waals surface area contributed by atoms with Gasteiger partial charge in [0.25, 0.3) is 10.0 Å². The number of rotatable bonds is 3. The van der Waals surface area contributed by atoms with Crippen LogP contribution in [0.3, 0.4) is 0 Å². The van der Waals surface area contributed by atoms with E-state index in [4.69, 9.17) is 5.73 Å². The van der Waals surface area contributed by atoms with Crippen LogP contribution in [0.4, 0.5) is 10.8 Å². The Labute approximate surface area is 126 Å². The summed E-state index contributed by atoms with van der Waals surface area (Å²) in [6, 6.07) is 11.8. The Morgan fingerprint density at radius 2 is 1.90 bits per heavy atom. The van der Waals surface area contributed by atoms with Crippen LogP contribution in [0.15, 0.2) is 47.4 Å². The van der Waals surface area contributed by atoms with Gasteiger partial charge in [0.1, 0.15) is 0 Å². The number of aromatic nitrogens is 1. The van der Waals surface area contributed by atoms with E-state index in [0.717, 1.165) is 15.8 Å². The molecule has 1 heterocycles. The van der Waals surface area contributed by atoms with Crippen molar-refractivity contribution in [3.8, 4) is 0 Å². The highest BCUT2D eigenvalue weighted by Crippen LogP contribution is 2.31. The van der Waals surface area contributed by atoms with Crippen molar-refractivity contribution in [3.05, 3.63) is 48.0 Å². The Kier molecular flexibility index (Phi) is 3.30. The summed E-state index contributed by atoms with van der Waals surface area (Å²) in [7, 11) is -3.62. The molecular weight excluding hydrogens is 306 g/mol. The van der Waals surface area contributed by atoms with Crippen LogP contribution in [0.1, 0.15) is 5.56 Å². The fourth-order valence-electron chi connectivity index (χ4n) is 2.04. The molecule has 0 radical (unpaired) electrons. The van der Waals surface area contributed by atoms with E-state index in [1.807, 2.05) is 13.0 Å². The zero-order chi connectivity index (χ0) is 15.0. The fraction of sp³-hybridized carbons (Fsp3) is 0.0714. The van der Waals surface area contributed by atoms with Gasteiger partial charge in [-0.15, -0.1) is 0 Å². The first-order valence-corrected chi connectivity index (χ1v) is 8.50. The highest BCUT2D eigenvalue weighted by molar-refractivity contribution is 7.93. The number of nitrogen functional groups attached to an aromatic ring is 1. The van der Waals surface area contributed by atoms with Crippen molar-refractivity contribution in [2.24, 2.45) is 0 Å². The van der Waals surface area contributed by atoms with Crippen molar-refractivity contribution in [1.82, 2.24) is 4.98 Å². The molecule has 3 rings (SSSR count). The van der Waals surface area contributed by atoms with E-state index in [2.05, 4.69) is 9.71 Å². The lowest BCUT2D eigenvalue weighted by molar-refractivity contribution is 0.601. The Hall–Kier alpha value is -2.12. The second kappa shape index (κ2) is 5.01. The first-order chi connectivity index (χ1) is 9.95. The summed E-state index contributed by atoms with van der Waals surface area (Å²) in [6.45, 7) is 1.90. The number of nitrogens with two attached hydrogens (primary N) is 1. The number of aryl methyl sites for hydroxylation is 1. The van der Waals surface area contributed by atoms with Crippen LogP contribution in [-0.2, 0) is 10.0 Å². The molecule has 3 aromatic rings. The molecule has 0 saturated carbocycles. The zero-order valence-corrected chi connectivity index (χ0v) is 12.8. The maximum Gasteiger partial charge on any atom is 0.263 e. The van der Waals surface area contributed by atoms with Gasteiger partial charge in [-0.25, -0.2) is 13.4 Å². The molecule has 2 aromatic carbocycles. The van der Waals surface area contributed by atoms with Crippen LogP contribution < -0.4 is 10.5 Å². The zero-order valence-electron chi connectivity index (χ0n) is 11.2.